The van der Waals surface area contributed by atoms with Crippen LogP contribution in [0.2, 0.25) is 6.04 Å². The van der Waals surface area contributed by atoms with Crippen LogP contribution in [0.25, 0.3) is 0 Å². The summed E-state index contributed by atoms with van der Waals surface area (Å²) in [5, 5.41) is -0.275. The van der Waals surface area contributed by atoms with Crippen LogP contribution in [0.5, 0.6) is 0 Å². The van der Waals surface area contributed by atoms with E-state index in [4.69, 9.17) is 19.3 Å². The lowest BCUT2D eigenvalue weighted by molar-refractivity contribution is -0.0176. The average Bonchev–Trinajstić information content (AvgIpc) is 2.29. The van der Waals surface area contributed by atoms with Gasteiger partial charge in [0.15, 0.2) is 0 Å². The number of methoxy groups -OCH3 is 1. The smallest absolute Gasteiger partial charge is 0.370 e. The number of hydrogen-bond acceptors (Lipinski definition) is 4. The summed E-state index contributed by atoms with van der Waals surface area (Å²) in [5.41, 5.74) is 5.95. The molecule has 0 saturated carbocycles. The third-order valence-corrected chi connectivity index (χ3v) is 8.11. The molecule has 1 heterocycles. The molecule has 2 unspecified atom stereocenters. The van der Waals surface area contributed by atoms with E-state index >= 15 is 0 Å². The highest BCUT2D eigenvalue weighted by atomic mass is 28.4. The van der Waals surface area contributed by atoms with Crippen LogP contribution in [-0.2, 0) is 13.6 Å². The maximum Gasteiger partial charge on any atom is 0.370 e. The van der Waals surface area contributed by atoms with Gasteiger partial charge in [0.05, 0.1) is 0 Å². The molecular weight excluding hydrogens is 222 g/mol. The minimum absolute atomic E-state index is 0.107. The summed E-state index contributed by atoms with van der Waals surface area (Å²) < 4.78 is 17.4. The zero-order chi connectivity index (χ0) is 12.2. The summed E-state index contributed by atoms with van der Waals surface area (Å²) in [5.74, 6) is 0. The number of rotatable bonds is 5. The molecule has 0 aliphatic carbocycles. The molecule has 0 amide bonds. The highest BCUT2D eigenvalue weighted by molar-refractivity contribution is 6.70. The van der Waals surface area contributed by atoms with Crippen molar-refractivity contribution in [2.45, 2.75) is 49.9 Å². The van der Waals surface area contributed by atoms with Crippen molar-refractivity contribution in [2.24, 2.45) is 5.73 Å². The molecular formula is C11H25NO3Si. The minimum atomic E-state index is -2.28. The summed E-state index contributed by atoms with van der Waals surface area (Å²) in [6.45, 7) is 2.01. The molecule has 1 fully saturated rings. The molecule has 0 spiro atoms. The molecule has 0 radical (unpaired) electrons. The molecule has 0 aromatic rings. The third-order valence-electron chi connectivity index (χ3n) is 3.73. The summed E-state index contributed by atoms with van der Waals surface area (Å²) in [7, 11) is 2.97. The van der Waals surface area contributed by atoms with E-state index in [2.05, 4.69) is 0 Å². The Morgan fingerprint density at radius 2 is 1.88 bits per heavy atom. The van der Waals surface area contributed by atoms with Crippen molar-refractivity contribution in [2.75, 3.05) is 21.3 Å². The maximum atomic E-state index is 5.95. The number of hydrogen-bond donors (Lipinski definition) is 1. The van der Waals surface area contributed by atoms with E-state index in [1.807, 2.05) is 6.92 Å². The lowest BCUT2D eigenvalue weighted by atomic mass is 10.0. The van der Waals surface area contributed by atoms with E-state index in [0.29, 0.717) is 0 Å². The predicted octanol–water partition coefficient (Wildman–Crippen LogP) is 1.57. The van der Waals surface area contributed by atoms with Gasteiger partial charge in [-0.3, -0.25) is 0 Å². The Hall–Kier alpha value is 0.0569. The fourth-order valence-electron chi connectivity index (χ4n) is 2.96. The van der Waals surface area contributed by atoms with E-state index in [-0.39, 0.29) is 11.3 Å². The van der Waals surface area contributed by atoms with Gasteiger partial charge >= 0.3 is 8.56 Å². The predicted molar refractivity (Wildman–Crippen MR) is 66.4 cm³/mol. The first kappa shape index (κ1) is 14.1. The molecule has 16 heavy (non-hydrogen) atoms. The van der Waals surface area contributed by atoms with E-state index < -0.39 is 8.56 Å². The van der Waals surface area contributed by atoms with E-state index in [1.165, 1.54) is 6.42 Å². The van der Waals surface area contributed by atoms with Gasteiger partial charge in [0.2, 0.25) is 0 Å². The van der Waals surface area contributed by atoms with E-state index in [1.54, 1.807) is 21.3 Å². The van der Waals surface area contributed by atoms with Crippen molar-refractivity contribution in [3.05, 3.63) is 0 Å². The standard InChI is InChI=1S/C11H25NO3Si/c1-10(12)9-11(13-2)7-5-6-8-16(11,14-3)15-4/h10H,5-9,12H2,1-4H3. The second-order valence-electron chi connectivity index (χ2n) is 4.75. The summed E-state index contributed by atoms with van der Waals surface area (Å²) in [6.07, 6.45) is 4.15. The highest BCUT2D eigenvalue weighted by Gasteiger charge is 2.58. The van der Waals surface area contributed by atoms with Crippen LogP contribution < -0.4 is 5.73 Å². The minimum Gasteiger partial charge on any atom is -0.396 e. The average molecular weight is 247 g/mol. The molecule has 4 nitrogen and oxygen atoms in total. The van der Waals surface area contributed by atoms with Crippen molar-refractivity contribution in [3.63, 3.8) is 0 Å². The number of nitrogens with two attached hydrogens (primary N) is 1. The van der Waals surface area contributed by atoms with E-state index in [9.17, 15) is 0 Å². The van der Waals surface area contributed by atoms with Crippen LogP contribution in [0.1, 0.15) is 32.6 Å². The highest BCUT2D eigenvalue weighted by Crippen LogP contribution is 2.42. The van der Waals surface area contributed by atoms with Crippen LogP contribution >= 0.6 is 0 Å². The van der Waals surface area contributed by atoms with Crippen molar-refractivity contribution >= 4 is 8.56 Å². The Labute approximate surface area is 99.7 Å². The van der Waals surface area contributed by atoms with E-state index in [0.717, 1.165) is 25.3 Å². The first-order valence-electron chi connectivity index (χ1n) is 5.97. The van der Waals surface area contributed by atoms with Gasteiger partial charge in [-0.15, -0.1) is 0 Å². The van der Waals surface area contributed by atoms with Gasteiger partial charge in [0, 0.05) is 27.4 Å². The monoisotopic (exact) mass is 247 g/mol. The first-order chi connectivity index (χ1) is 7.56. The molecule has 0 bridgehead atoms. The van der Waals surface area contributed by atoms with Crippen LogP contribution in [0.4, 0.5) is 0 Å². The van der Waals surface area contributed by atoms with Crippen molar-refractivity contribution in [1.82, 2.24) is 0 Å². The van der Waals surface area contributed by atoms with Gasteiger partial charge in [-0.1, -0.05) is 12.8 Å². The number of ether oxygens (including phenoxy) is 1. The molecule has 1 aliphatic heterocycles. The molecule has 1 rings (SSSR count). The molecule has 2 atom stereocenters. The molecule has 1 aliphatic rings. The van der Waals surface area contributed by atoms with Gasteiger partial charge < -0.3 is 19.3 Å². The maximum absolute atomic E-state index is 5.95. The van der Waals surface area contributed by atoms with Crippen LogP contribution in [0.3, 0.4) is 0 Å². The molecule has 96 valence electrons. The lowest BCUT2D eigenvalue weighted by Crippen LogP contribution is -2.66. The Balaban J connectivity index is 2.99. The fraction of sp³-hybridized carbons (Fsp3) is 1.00. The summed E-state index contributed by atoms with van der Waals surface area (Å²) >= 11 is 0. The Bertz CT molecular complexity index is 221. The third kappa shape index (κ3) is 2.33. The Kier molecular flexibility index (Phi) is 4.94. The summed E-state index contributed by atoms with van der Waals surface area (Å²) in [4.78, 5) is 0. The Morgan fingerprint density at radius 1 is 1.25 bits per heavy atom. The molecule has 0 aromatic heterocycles. The van der Waals surface area contributed by atoms with Gasteiger partial charge in [0.1, 0.15) is 5.22 Å². The zero-order valence-corrected chi connectivity index (χ0v) is 11.9. The summed E-state index contributed by atoms with van der Waals surface area (Å²) in [6, 6.07) is 1.11. The van der Waals surface area contributed by atoms with Crippen molar-refractivity contribution in [1.29, 1.82) is 0 Å². The topological polar surface area (TPSA) is 53.7 Å². The molecule has 5 heteroatoms. The Morgan fingerprint density at radius 3 is 2.31 bits per heavy atom. The quantitative estimate of drug-likeness (QED) is 0.749. The second-order valence-corrected chi connectivity index (χ2v) is 8.48. The molecule has 2 N–H and O–H groups in total. The van der Waals surface area contributed by atoms with Gasteiger partial charge in [0.25, 0.3) is 0 Å². The largest absolute Gasteiger partial charge is 0.396 e. The molecule has 1 saturated heterocycles. The van der Waals surface area contributed by atoms with Gasteiger partial charge in [-0.05, 0) is 25.8 Å². The second kappa shape index (κ2) is 5.60. The SMILES string of the molecule is COC1(CC(C)N)CCCC[Si]1(OC)OC. The van der Waals surface area contributed by atoms with Crippen molar-refractivity contribution < 1.29 is 13.6 Å². The van der Waals surface area contributed by atoms with Crippen LogP contribution in [0, 0.1) is 0 Å². The van der Waals surface area contributed by atoms with Gasteiger partial charge in [-0.25, -0.2) is 0 Å². The zero-order valence-electron chi connectivity index (χ0n) is 10.9. The van der Waals surface area contributed by atoms with Crippen molar-refractivity contribution in [3.8, 4) is 0 Å². The lowest BCUT2D eigenvalue weighted by Gasteiger charge is -2.48. The van der Waals surface area contributed by atoms with Gasteiger partial charge in [-0.2, -0.15) is 0 Å². The fourth-order valence-corrected chi connectivity index (χ4v) is 6.96. The van der Waals surface area contributed by atoms with Crippen LogP contribution in [0.15, 0.2) is 0 Å². The molecule has 0 aromatic carbocycles. The first-order valence-corrected chi connectivity index (χ1v) is 7.99. The van der Waals surface area contributed by atoms with Crippen LogP contribution in [-0.4, -0.2) is 41.2 Å². The normalized spacial score (nSPS) is 31.3.